The Morgan fingerprint density at radius 2 is 1.80 bits per heavy atom. The number of nitrogen functional groups attached to an aromatic ring is 1. The molecule has 0 aliphatic carbocycles. The average Bonchev–Trinajstić information content (AvgIpc) is 3.59. The maximum atomic E-state index is 14.4. The minimum absolute atomic E-state index is 0.0470. The molecule has 14 nitrogen and oxygen atoms in total. The van der Waals surface area contributed by atoms with E-state index in [2.05, 4.69) is 35.4 Å². The molecule has 0 fully saturated rings. The van der Waals surface area contributed by atoms with E-state index < -0.39 is 23.4 Å². The van der Waals surface area contributed by atoms with E-state index in [1.54, 1.807) is 42.5 Å². The number of nitrogens with two attached hydrogens (primary N) is 1. The van der Waals surface area contributed by atoms with Crippen molar-refractivity contribution in [2.24, 2.45) is 0 Å². The first-order chi connectivity index (χ1) is 19.8. The standard InChI is InChI=1S/C26H21FN8O6/c27-17-13-31-35-20(25(38)30-11-14-1-4-16(5-2-14)22-33-26(39)41-34-22)10-19(32-23(17)35)24(37)29-12-15-3-6-21(18(28)9-15)40-8-7-36/h1-7,9-10,13H,8,11-12,28H2,(H,29,37)(H,30,38)(H,33,34,39). The molecular weight excluding hydrogens is 539 g/mol. The highest BCUT2D eigenvalue weighted by molar-refractivity contribution is 5.98. The molecule has 0 spiro atoms. The normalized spacial score (nSPS) is 10.9. The Bertz CT molecular complexity index is 1810. The minimum atomic E-state index is -0.811. The van der Waals surface area contributed by atoms with Crippen LogP contribution in [0.2, 0.25) is 0 Å². The summed E-state index contributed by atoms with van der Waals surface area (Å²) in [5, 5.41) is 12.8. The van der Waals surface area contributed by atoms with Gasteiger partial charge in [0.15, 0.2) is 23.6 Å². The summed E-state index contributed by atoms with van der Waals surface area (Å²) in [6, 6.07) is 12.8. The fourth-order valence-electron chi connectivity index (χ4n) is 3.86. The van der Waals surface area contributed by atoms with E-state index in [1.807, 2.05) is 0 Å². The van der Waals surface area contributed by atoms with Crippen LogP contribution in [0.25, 0.3) is 17.0 Å². The molecule has 0 saturated heterocycles. The zero-order valence-corrected chi connectivity index (χ0v) is 21.1. The molecule has 3 heterocycles. The molecule has 0 radical (unpaired) electrons. The fraction of sp³-hybridized carbons (Fsp3) is 0.115. The van der Waals surface area contributed by atoms with Gasteiger partial charge in [0, 0.05) is 24.7 Å². The lowest BCUT2D eigenvalue weighted by molar-refractivity contribution is -0.109. The second-order valence-electron chi connectivity index (χ2n) is 8.61. The Morgan fingerprint density at radius 1 is 1.07 bits per heavy atom. The van der Waals surface area contributed by atoms with E-state index in [-0.39, 0.29) is 48.2 Å². The quantitative estimate of drug-likeness (QED) is 0.142. The first-order valence-electron chi connectivity index (χ1n) is 12.0. The number of hydrogen-bond acceptors (Lipinski definition) is 10. The van der Waals surface area contributed by atoms with Gasteiger partial charge in [-0.15, -0.1) is 0 Å². The number of rotatable bonds is 10. The van der Waals surface area contributed by atoms with Gasteiger partial charge < -0.3 is 21.1 Å². The van der Waals surface area contributed by atoms with Gasteiger partial charge in [0.1, 0.15) is 23.7 Å². The van der Waals surface area contributed by atoms with E-state index in [9.17, 15) is 23.6 Å². The van der Waals surface area contributed by atoms with Crippen molar-refractivity contribution in [1.82, 2.24) is 35.4 Å². The lowest BCUT2D eigenvalue weighted by Gasteiger charge is -2.11. The van der Waals surface area contributed by atoms with Crippen molar-refractivity contribution in [2.75, 3.05) is 12.3 Å². The van der Waals surface area contributed by atoms with Crippen molar-refractivity contribution in [1.29, 1.82) is 0 Å². The first-order valence-corrected chi connectivity index (χ1v) is 12.0. The number of amides is 2. The van der Waals surface area contributed by atoms with E-state index >= 15 is 0 Å². The molecule has 5 N–H and O–H groups in total. The van der Waals surface area contributed by atoms with Crippen LogP contribution in [-0.2, 0) is 17.9 Å². The maximum absolute atomic E-state index is 14.4. The Balaban J connectivity index is 1.29. The summed E-state index contributed by atoms with van der Waals surface area (Å²) < 4.78 is 25.1. The monoisotopic (exact) mass is 560 g/mol. The predicted octanol–water partition coefficient (Wildman–Crippen LogP) is 1.23. The molecule has 208 valence electrons. The van der Waals surface area contributed by atoms with Crippen molar-refractivity contribution in [2.45, 2.75) is 13.1 Å². The fourth-order valence-corrected chi connectivity index (χ4v) is 3.86. The second-order valence-corrected chi connectivity index (χ2v) is 8.61. The summed E-state index contributed by atoms with van der Waals surface area (Å²) in [7, 11) is 0. The van der Waals surface area contributed by atoms with Crippen LogP contribution in [0.4, 0.5) is 10.1 Å². The van der Waals surface area contributed by atoms with Gasteiger partial charge in [-0.25, -0.2) is 18.7 Å². The Labute approximate surface area is 229 Å². The molecule has 0 bridgehead atoms. The first kappa shape index (κ1) is 26.7. The smallest absolute Gasteiger partial charge is 0.439 e. The zero-order valence-electron chi connectivity index (χ0n) is 21.1. The summed E-state index contributed by atoms with van der Waals surface area (Å²) in [4.78, 5) is 54.1. The molecule has 3 aromatic heterocycles. The van der Waals surface area contributed by atoms with Crippen molar-refractivity contribution in [3.63, 3.8) is 0 Å². The van der Waals surface area contributed by atoms with Gasteiger partial charge in [-0.3, -0.25) is 23.9 Å². The van der Waals surface area contributed by atoms with Crippen LogP contribution in [0.15, 0.2) is 64.0 Å². The summed E-state index contributed by atoms with van der Waals surface area (Å²) in [5.74, 6) is -2.19. The molecule has 0 saturated carbocycles. The maximum Gasteiger partial charge on any atom is 0.439 e. The number of nitrogens with one attached hydrogen (secondary N) is 3. The van der Waals surface area contributed by atoms with E-state index in [1.165, 1.54) is 6.07 Å². The molecule has 0 aliphatic rings. The molecule has 0 atom stereocenters. The lowest BCUT2D eigenvalue weighted by atomic mass is 10.1. The van der Waals surface area contributed by atoms with Crippen LogP contribution in [0.3, 0.4) is 0 Å². The highest BCUT2D eigenvalue weighted by Gasteiger charge is 2.20. The van der Waals surface area contributed by atoms with Crippen molar-refractivity contribution in [3.8, 4) is 17.1 Å². The highest BCUT2D eigenvalue weighted by Crippen LogP contribution is 2.22. The average molecular weight is 561 g/mol. The predicted molar refractivity (Wildman–Crippen MR) is 140 cm³/mol. The number of H-pyrrole nitrogens is 1. The Hall–Kier alpha value is -5.86. The third kappa shape index (κ3) is 5.93. The van der Waals surface area contributed by atoms with Crippen LogP contribution in [0, 0.1) is 5.82 Å². The van der Waals surface area contributed by atoms with Crippen molar-refractivity contribution < 1.29 is 28.0 Å². The van der Waals surface area contributed by atoms with Crippen LogP contribution in [0.5, 0.6) is 5.75 Å². The topological polar surface area (TPSA) is 200 Å². The number of anilines is 1. The largest absolute Gasteiger partial charge is 0.484 e. The molecule has 41 heavy (non-hydrogen) atoms. The molecule has 15 heteroatoms. The number of aromatic amines is 1. The number of halogens is 1. The summed E-state index contributed by atoms with van der Waals surface area (Å²) in [5.41, 5.74) is 7.54. The van der Waals surface area contributed by atoms with E-state index in [0.717, 1.165) is 10.7 Å². The van der Waals surface area contributed by atoms with Crippen LogP contribution in [0.1, 0.15) is 32.1 Å². The van der Waals surface area contributed by atoms with Gasteiger partial charge in [0.25, 0.3) is 11.8 Å². The molecule has 5 rings (SSSR count). The van der Waals surface area contributed by atoms with Gasteiger partial charge in [0.05, 0.1) is 11.9 Å². The lowest BCUT2D eigenvalue weighted by Crippen LogP contribution is -2.28. The Morgan fingerprint density at radius 3 is 2.51 bits per heavy atom. The number of aldehydes is 1. The summed E-state index contributed by atoms with van der Waals surface area (Å²) in [6.45, 7) is -0.00246. The number of nitrogens with zero attached hydrogens (tertiary/aromatic N) is 4. The number of benzene rings is 2. The number of ether oxygens (including phenoxy) is 1. The molecule has 2 aromatic carbocycles. The minimum Gasteiger partial charge on any atom is -0.484 e. The third-order valence-electron chi connectivity index (χ3n) is 5.85. The molecule has 0 unspecified atom stereocenters. The van der Waals surface area contributed by atoms with Gasteiger partial charge >= 0.3 is 5.76 Å². The SMILES string of the molecule is Nc1cc(CNC(=O)c2cc(C(=O)NCc3ccc(-c4noc(=O)[nH]4)cc3)n3ncc(F)c3n2)ccc1OCC=O. The Kier molecular flexibility index (Phi) is 7.49. The van der Waals surface area contributed by atoms with Gasteiger partial charge in [0.2, 0.25) is 0 Å². The summed E-state index contributed by atoms with van der Waals surface area (Å²) >= 11 is 0. The second kappa shape index (κ2) is 11.5. The molecular formula is C26H21FN8O6. The molecule has 0 aliphatic heterocycles. The van der Waals surface area contributed by atoms with Crippen molar-refractivity contribution in [3.05, 3.63) is 93.6 Å². The number of carbonyl (C=O) groups excluding carboxylic acids is 3. The van der Waals surface area contributed by atoms with Gasteiger partial charge in [-0.1, -0.05) is 35.5 Å². The number of carbonyl (C=O) groups is 3. The van der Waals surface area contributed by atoms with Crippen LogP contribution < -0.4 is 26.9 Å². The van der Waals surface area contributed by atoms with Crippen LogP contribution in [-0.4, -0.2) is 49.4 Å². The van der Waals surface area contributed by atoms with Crippen molar-refractivity contribution >= 4 is 29.4 Å². The number of aromatic nitrogens is 5. The molecule has 5 aromatic rings. The van der Waals surface area contributed by atoms with Gasteiger partial charge in [-0.2, -0.15) is 5.10 Å². The van der Waals surface area contributed by atoms with E-state index in [4.69, 9.17) is 10.5 Å². The highest BCUT2D eigenvalue weighted by atomic mass is 19.1. The van der Waals surface area contributed by atoms with E-state index in [0.29, 0.717) is 28.7 Å². The number of fused-ring (bicyclic) bond motifs is 1. The zero-order chi connectivity index (χ0) is 28.9. The molecule has 2 amide bonds. The number of hydrogen-bond donors (Lipinski definition) is 4. The van der Waals surface area contributed by atoms with Gasteiger partial charge in [-0.05, 0) is 23.3 Å². The van der Waals surface area contributed by atoms with Crippen LogP contribution >= 0.6 is 0 Å². The summed E-state index contributed by atoms with van der Waals surface area (Å²) in [6.07, 6.45) is 1.49. The third-order valence-corrected chi connectivity index (χ3v) is 5.85.